The Bertz CT molecular complexity index is 592. The van der Waals surface area contributed by atoms with Crippen molar-refractivity contribution in [1.82, 2.24) is 0 Å². The van der Waals surface area contributed by atoms with Gasteiger partial charge in [0.25, 0.3) is 0 Å². The number of hydrogen-bond acceptors (Lipinski definition) is 2. The Kier molecular flexibility index (Phi) is 4.04. The lowest BCUT2D eigenvalue weighted by Crippen LogP contribution is -1.97. The summed E-state index contributed by atoms with van der Waals surface area (Å²) in [5, 5.41) is 0. The topological polar surface area (TPSA) is 18.5 Å². The first kappa shape index (κ1) is 13.8. The van der Waals surface area contributed by atoms with Gasteiger partial charge >= 0.3 is 0 Å². The summed E-state index contributed by atoms with van der Waals surface area (Å²) in [5.41, 5.74) is 0.450. The van der Waals surface area contributed by atoms with Crippen molar-refractivity contribution in [1.29, 1.82) is 0 Å². The van der Waals surface area contributed by atoms with Crippen LogP contribution in [0, 0.1) is 11.6 Å². The van der Waals surface area contributed by atoms with Gasteiger partial charge in [-0.15, -0.1) is 0 Å². The van der Waals surface area contributed by atoms with Crippen LogP contribution in [0.15, 0.2) is 34.8 Å². The van der Waals surface area contributed by atoms with E-state index in [2.05, 4.69) is 15.9 Å². The Hall–Kier alpha value is -1.62. The highest BCUT2D eigenvalue weighted by Gasteiger charge is 2.21. The lowest BCUT2D eigenvalue weighted by atomic mass is 10.0. The minimum absolute atomic E-state index is 0.0373. The molecule has 100 valence electrons. The molecule has 0 aliphatic rings. The van der Waals surface area contributed by atoms with E-state index in [4.69, 9.17) is 9.47 Å². The van der Waals surface area contributed by atoms with Gasteiger partial charge in [-0.05, 0) is 40.2 Å². The third kappa shape index (κ3) is 2.42. The zero-order valence-electron chi connectivity index (χ0n) is 10.3. The van der Waals surface area contributed by atoms with Crippen LogP contribution in [0.25, 0.3) is 11.1 Å². The SMILES string of the molecule is COc1cccc(OC)c1-c1c(F)ccc(F)c1Br. The van der Waals surface area contributed by atoms with E-state index in [1.807, 2.05) is 0 Å². The van der Waals surface area contributed by atoms with E-state index in [0.717, 1.165) is 12.1 Å². The largest absolute Gasteiger partial charge is 0.496 e. The summed E-state index contributed by atoms with van der Waals surface area (Å²) in [6.07, 6.45) is 0. The molecule has 0 amide bonds. The van der Waals surface area contributed by atoms with E-state index in [9.17, 15) is 8.78 Å². The van der Waals surface area contributed by atoms with Gasteiger partial charge in [-0.25, -0.2) is 8.78 Å². The Morgan fingerprint density at radius 1 is 0.842 bits per heavy atom. The van der Waals surface area contributed by atoms with E-state index < -0.39 is 11.6 Å². The maximum absolute atomic E-state index is 14.0. The smallest absolute Gasteiger partial charge is 0.138 e. The summed E-state index contributed by atoms with van der Waals surface area (Å²) in [6, 6.07) is 7.17. The molecule has 5 heteroatoms. The number of methoxy groups -OCH3 is 2. The van der Waals surface area contributed by atoms with Gasteiger partial charge in [0.15, 0.2) is 0 Å². The van der Waals surface area contributed by atoms with E-state index in [1.54, 1.807) is 18.2 Å². The molecular weight excluding hydrogens is 318 g/mol. The molecule has 2 nitrogen and oxygen atoms in total. The molecule has 0 fully saturated rings. The number of halogens is 3. The van der Waals surface area contributed by atoms with Crippen LogP contribution < -0.4 is 9.47 Å². The first-order valence-corrected chi connectivity index (χ1v) is 6.24. The predicted molar refractivity (Wildman–Crippen MR) is 72.6 cm³/mol. The zero-order chi connectivity index (χ0) is 14.0. The fourth-order valence-electron chi connectivity index (χ4n) is 1.85. The monoisotopic (exact) mass is 328 g/mol. The molecule has 0 bridgehead atoms. The van der Waals surface area contributed by atoms with Gasteiger partial charge in [0, 0.05) is 5.56 Å². The van der Waals surface area contributed by atoms with Crippen molar-refractivity contribution in [2.45, 2.75) is 0 Å². The van der Waals surface area contributed by atoms with Crippen molar-refractivity contribution < 1.29 is 18.3 Å². The molecule has 2 rings (SSSR count). The highest BCUT2D eigenvalue weighted by Crippen LogP contribution is 2.43. The number of hydrogen-bond donors (Lipinski definition) is 0. The predicted octanol–water partition coefficient (Wildman–Crippen LogP) is 4.41. The summed E-state index contributed by atoms with van der Waals surface area (Å²) in [6.45, 7) is 0. The van der Waals surface area contributed by atoms with E-state index in [0.29, 0.717) is 17.1 Å². The molecule has 0 radical (unpaired) electrons. The van der Waals surface area contributed by atoms with Crippen LogP contribution in [-0.2, 0) is 0 Å². The van der Waals surface area contributed by atoms with Crippen molar-refractivity contribution in [3.8, 4) is 22.6 Å². The Morgan fingerprint density at radius 2 is 1.37 bits per heavy atom. The van der Waals surface area contributed by atoms with Crippen LogP contribution in [0.2, 0.25) is 0 Å². The second-order valence-corrected chi connectivity index (χ2v) is 4.55. The molecule has 0 aliphatic heterocycles. The second kappa shape index (κ2) is 5.57. The zero-order valence-corrected chi connectivity index (χ0v) is 11.9. The normalized spacial score (nSPS) is 10.4. The van der Waals surface area contributed by atoms with Crippen molar-refractivity contribution in [2.24, 2.45) is 0 Å². The average Bonchev–Trinajstić information content (AvgIpc) is 2.43. The van der Waals surface area contributed by atoms with E-state index >= 15 is 0 Å². The van der Waals surface area contributed by atoms with Gasteiger partial charge in [0.1, 0.15) is 23.1 Å². The Morgan fingerprint density at radius 3 is 1.89 bits per heavy atom. The molecule has 0 atom stereocenters. The molecule has 0 aliphatic carbocycles. The maximum atomic E-state index is 14.0. The summed E-state index contributed by atoms with van der Waals surface area (Å²) in [4.78, 5) is 0. The molecule has 0 aromatic heterocycles. The molecule has 0 saturated carbocycles. The minimum atomic E-state index is -0.559. The molecule has 0 N–H and O–H groups in total. The van der Waals surface area contributed by atoms with Gasteiger partial charge in [0.2, 0.25) is 0 Å². The van der Waals surface area contributed by atoms with Gasteiger partial charge in [0.05, 0.1) is 24.3 Å². The quantitative estimate of drug-likeness (QED) is 0.777. The van der Waals surface area contributed by atoms with Gasteiger partial charge in [-0.2, -0.15) is 0 Å². The van der Waals surface area contributed by atoms with Crippen molar-refractivity contribution in [3.05, 3.63) is 46.4 Å². The number of benzene rings is 2. The first-order valence-electron chi connectivity index (χ1n) is 5.45. The summed E-state index contributed by atoms with van der Waals surface area (Å²) >= 11 is 3.07. The van der Waals surface area contributed by atoms with Crippen LogP contribution in [0.1, 0.15) is 0 Å². The van der Waals surface area contributed by atoms with Gasteiger partial charge < -0.3 is 9.47 Å². The second-order valence-electron chi connectivity index (χ2n) is 3.76. The lowest BCUT2D eigenvalue weighted by Gasteiger charge is -2.15. The summed E-state index contributed by atoms with van der Waals surface area (Å²) < 4.78 is 38.1. The molecule has 19 heavy (non-hydrogen) atoms. The fraction of sp³-hybridized carbons (Fsp3) is 0.143. The summed E-state index contributed by atoms with van der Waals surface area (Å²) in [5.74, 6) is -0.297. The Labute approximate surface area is 118 Å². The number of rotatable bonds is 3. The van der Waals surface area contributed by atoms with E-state index in [-0.39, 0.29) is 10.0 Å². The van der Waals surface area contributed by atoms with Crippen LogP contribution in [0.3, 0.4) is 0 Å². The average molecular weight is 329 g/mol. The maximum Gasteiger partial charge on any atom is 0.138 e. The minimum Gasteiger partial charge on any atom is -0.496 e. The van der Waals surface area contributed by atoms with Crippen molar-refractivity contribution >= 4 is 15.9 Å². The molecule has 2 aromatic carbocycles. The van der Waals surface area contributed by atoms with Gasteiger partial charge in [-0.1, -0.05) is 6.07 Å². The summed E-state index contributed by atoms with van der Waals surface area (Å²) in [7, 11) is 2.92. The van der Waals surface area contributed by atoms with E-state index in [1.165, 1.54) is 14.2 Å². The third-order valence-corrected chi connectivity index (χ3v) is 3.50. The van der Waals surface area contributed by atoms with Crippen LogP contribution in [-0.4, -0.2) is 14.2 Å². The Balaban J connectivity index is 2.82. The highest BCUT2D eigenvalue weighted by atomic mass is 79.9. The molecular formula is C14H11BrF2O2. The van der Waals surface area contributed by atoms with Crippen LogP contribution in [0.5, 0.6) is 11.5 Å². The molecule has 0 heterocycles. The fourth-order valence-corrected chi connectivity index (χ4v) is 2.37. The lowest BCUT2D eigenvalue weighted by molar-refractivity contribution is 0.397. The third-order valence-electron chi connectivity index (χ3n) is 2.72. The molecule has 2 aromatic rings. The highest BCUT2D eigenvalue weighted by molar-refractivity contribution is 9.10. The first-order chi connectivity index (χ1) is 9.10. The van der Waals surface area contributed by atoms with Crippen LogP contribution in [0.4, 0.5) is 8.78 Å². The van der Waals surface area contributed by atoms with Crippen molar-refractivity contribution in [2.75, 3.05) is 14.2 Å². The molecule has 0 saturated heterocycles. The standard InChI is InChI=1S/C14H11BrF2O2/c1-18-10-4-3-5-11(19-2)13(10)12-8(16)6-7-9(17)14(12)15/h3-7H,1-2H3. The molecule has 0 spiro atoms. The van der Waals surface area contributed by atoms with Crippen LogP contribution >= 0.6 is 15.9 Å². The number of ether oxygens (including phenoxy) is 2. The molecule has 0 unspecified atom stereocenters. The van der Waals surface area contributed by atoms with Gasteiger partial charge in [-0.3, -0.25) is 0 Å². The van der Waals surface area contributed by atoms with Crippen molar-refractivity contribution in [3.63, 3.8) is 0 Å².